The Morgan fingerprint density at radius 2 is 2.27 bits per heavy atom. The highest BCUT2D eigenvalue weighted by Crippen LogP contribution is 2.39. The quantitative estimate of drug-likeness (QED) is 0.417. The Labute approximate surface area is 68.5 Å². The summed E-state index contributed by atoms with van der Waals surface area (Å²) < 4.78 is 0. The van der Waals surface area contributed by atoms with E-state index in [0.29, 0.717) is 5.41 Å². The van der Waals surface area contributed by atoms with Gasteiger partial charge in [-0.1, -0.05) is 26.0 Å². The molecule has 1 fully saturated rings. The van der Waals surface area contributed by atoms with Crippen molar-refractivity contribution in [1.82, 2.24) is 0 Å². The second-order valence-electron chi connectivity index (χ2n) is 4.27. The van der Waals surface area contributed by atoms with Crippen molar-refractivity contribution in [3.05, 3.63) is 12.2 Å². The molecule has 0 heterocycles. The van der Waals surface area contributed by atoms with Crippen LogP contribution in [0.1, 0.15) is 33.1 Å². The van der Waals surface area contributed by atoms with Crippen LogP contribution in [0.5, 0.6) is 0 Å². The maximum absolute atomic E-state index is 10.6. The maximum atomic E-state index is 10.6. The number of carbonyl (C=O) groups excluding carboxylic acids is 1. The Hall–Kier alpha value is -0.590. The van der Waals surface area contributed by atoms with E-state index in [1.165, 1.54) is 6.42 Å². The molecule has 1 aliphatic carbocycles. The van der Waals surface area contributed by atoms with E-state index in [-0.39, 0.29) is 5.92 Å². The van der Waals surface area contributed by atoms with Crippen LogP contribution in [0, 0.1) is 11.3 Å². The molecule has 1 unspecified atom stereocenters. The molecule has 62 valence electrons. The molecular weight excluding hydrogens is 136 g/mol. The smallest absolute Gasteiger partial charge is 0.127 e. The van der Waals surface area contributed by atoms with Gasteiger partial charge in [-0.2, -0.15) is 0 Å². The zero-order valence-electron chi connectivity index (χ0n) is 7.39. The van der Waals surface area contributed by atoms with Gasteiger partial charge in [-0.3, -0.25) is 0 Å². The summed E-state index contributed by atoms with van der Waals surface area (Å²) in [5.74, 6) is 0.124. The zero-order chi connectivity index (χ0) is 8.48. The van der Waals surface area contributed by atoms with E-state index in [0.717, 1.165) is 24.7 Å². The number of rotatable bonds is 1. The molecule has 1 aliphatic rings. The standard InChI is InChI=1S/C10H16O/c1-8-4-5-10(2,3)6-9(8)7-11/h7,9H,1,4-6H2,2-3H3. The molecule has 1 heteroatoms. The summed E-state index contributed by atoms with van der Waals surface area (Å²) in [5, 5.41) is 0. The van der Waals surface area contributed by atoms with Gasteiger partial charge in [0.15, 0.2) is 0 Å². The van der Waals surface area contributed by atoms with Gasteiger partial charge in [-0.25, -0.2) is 0 Å². The summed E-state index contributed by atoms with van der Waals surface area (Å²) in [5.41, 5.74) is 1.46. The van der Waals surface area contributed by atoms with Crippen molar-refractivity contribution in [3.8, 4) is 0 Å². The Morgan fingerprint density at radius 3 is 2.73 bits per heavy atom. The van der Waals surface area contributed by atoms with Crippen molar-refractivity contribution in [2.75, 3.05) is 0 Å². The van der Waals surface area contributed by atoms with E-state index in [9.17, 15) is 4.79 Å². The van der Waals surface area contributed by atoms with Gasteiger partial charge in [0.25, 0.3) is 0 Å². The highest BCUT2D eigenvalue weighted by molar-refractivity contribution is 5.59. The molecule has 0 aromatic carbocycles. The van der Waals surface area contributed by atoms with E-state index in [4.69, 9.17) is 0 Å². The molecule has 0 radical (unpaired) electrons. The lowest BCUT2D eigenvalue weighted by Crippen LogP contribution is -2.24. The van der Waals surface area contributed by atoms with Gasteiger partial charge >= 0.3 is 0 Å². The Kier molecular flexibility index (Phi) is 2.17. The second kappa shape index (κ2) is 2.80. The predicted octanol–water partition coefficient (Wildman–Crippen LogP) is 2.57. The van der Waals surface area contributed by atoms with Crippen molar-refractivity contribution >= 4 is 6.29 Å². The van der Waals surface area contributed by atoms with Crippen LogP contribution in [0.4, 0.5) is 0 Å². The average Bonchev–Trinajstić information content (AvgIpc) is 1.94. The SMILES string of the molecule is C=C1CCC(C)(C)CC1C=O. The molecule has 0 spiro atoms. The fourth-order valence-electron chi connectivity index (χ4n) is 1.67. The topological polar surface area (TPSA) is 17.1 Å². The van der Waals surface area contributed by atoms with Gasteiger partial charge in [-0.15, -0.1) is 0 Å². The molecule has 0 amide bonds. The normalized spacial score (nSPS) is 30.0. The Bertz CT molecular complexity index is 179. The number of aldehydes is 1. The predicted molar refractivity (Wildman–Crippen MR) is 46.3 cm³/mol. The average molecular weight is 152 g/mol. The van der Waals surface area contributed by atoms with Gasteiger partial charge < -0.3 is 4.79 Å². The first-order chi connectivity index (χ1) is 5.05. The van der Waals surface area contributed by atoms with E-state index in [2.05, 4.69) is 20.4 Å². The molecule has 1 atom stereocenters. The summed E-state index contributed by atoms with van der Waals surface area (Å²) in [6.45, 7) is 8.34. The molecule has 1 saturated carbocycles. The van der Waals surface area contributed by atoms with Crippen molar-refractivity contribution in [3.63, 3.8) is 0 Å². The number of hydrogen-bond donors (Lipinski definition) is 0. The summed E-state index contributed by atoms with van der Waals surface area (Å²) in [6.07, 6.45) is 4.23. The summed E-state index contributed by atoms with van der Waals surface area (Å²) >= 11 is 0. The van der Waals surface area contributed by atoms with Crippen LogP contribution >= 0.6 is 0 Å². The van der Waals surface area contributed by atoms with E-state index < -0.39 is 0 Å². The monoisotopic (exact) mass is 152 g/mol. The minimum atomic E-state index is 0.124. The van der Waals surface area contributed by atoms with Gasteiger partial charge in [0.05, 0.1) is 0 Å². The first kappa shape index (κ1) is 8.51. The Morgan fingerprint density at radius 1 is 1.64 bits per heavy atom. The summed E-state index contributed by atoms with van der Waals surface area (Å²) in [6, 6.07) is 0. The molecule has 0 bridgehead atoms. The van der Waals surface area contributed by atoms with Gasteiger partial charge in [0.1, 0.15) is 6.29 Å². The van der Waals surface area contributed by atoms with Crippen LogP contribution in [-0.4, -0.2) is 6.29 Å². The molecule has 0 aliphatic heterocycles. The fourth-order valence-corrected chi connectivity index (χ4v) is 1.67. The molecule has 0 aromatic rings. The first-order valence-corrected chi connectivity index (χ1v) is 4.18. The summed E-state index contributed by atoms with van der Waals surface area (Å²) in [4.78, 5) is 10.6. The van der Waals surface area contributed by atoms with Crippen LogP contribution in [0.25, 0.3) is 0 Å². The van der Waals surface area contributed by atoms with Gasteiger partial charge in [0, 0.05) is 5.92 Å². The number of hydrogen-bond acceptors (Lipinski definition) is 1. The third-order valence-corrected chi connectivity index (χ3v) is 2.58. The van der Waals surface area contributed by atoms with Crippen molar-refractivity contribution in [2.24, 2.45) is 11.3 Å². The molecule has 0 saturated heterocycles. The zero-order valence-corrected chi connectivity index (χ0v) is 7.39. The van der Waals surface area contributed by atoms with Crippen LogP contribution in [0.3, 0.4) is 0 Å². The van der Waals surface area contributed by atoms with Crippen LogP contribution in [0.15, 0.2) is 12.2 Å². The van der Waals surface area contributed by atoms with Crippen molar-refractivity contribution < 1.29 is 4.79 Å². The summed E-state index contributed by atoms with van der Waals surface area (Å²) in [7, 11) is 0. The van der Waals surface area contributed by atoms with E-state index >= 15 is 0 Å². The molecule has 11 heavy (non-hydrogen) atoms. The lowest BCUT2D eigenvalue weighted by molar-refractivity contribution is -0.111. The fraction of sp³-hybridized carbons (Fsp3) is 0.700. The van der Waals surface area contributed by atoms with Crippen LogP contribution in [-0.2, 0) is 4.79 Å². The van der Waals surface area contributed by atoms with Gasteiger partial charge in [0.2, 0.25) is 0 Å². The van der Waals surface area contributed by atoms with Gasteiger partial charge in [-0.05, 0) is 24.7 Å². The van der Waals surface area contributed by atoms with E-state index in [1.54, 1.807) is 0 Å². The molecule has 1 rings (SSSR count). The minimum Gasteiger partial charge on any atom is -0.303 e. The molecule has 0 aromatic heterocycles. The highest BCUT2D eigenvalue weighted by Gasteiger charge is 2.29. The third kappa shape index (κ3) is 1.92. The van der Waals surface area contributed by atoms with E-state index in [1.807, 2.05) is 0 Å². The third-order valence-electron chi connectivity index (χ3n) is 2.58. The first-order valence-electron chi connectivity index (χ1n) is 4.18. The minimum absolute atomic E-state index is 0.124. The lowest BCUT2D eigenvalue weighted by Gasteiger charge is -2.34. The molecular formula is C10H16O. The van der Waals surface area contributed by atoms with Crippen LogP contribution in [0.2, 0.25) is 0 Å². The lowest BCUT2D eigenvalue weighted by atomic mass is 9.71. The largest absolute Gasteiger partial charge is 0.303 e. The molecule has 0 N–H and O–H groups in total. The van der Waals surface area contributed by atoms with Crippen molar-refractivity contribution in [2.45, 2.75) is 33.1 Å². The number of allylic oxidation sites excluding steroid dienone is 1. The van der Waals surface area contributed by atoms with Crippen molar-refractivity contribution in [1.29, 1.82) is 0 Å². The molecule has 1 nitrogen and oxygen atoms in total. The second-order valence-corrected chi connectivity index (χ2v) is 4.27. The Balaban J connectivity index is 2.65. The number of carbonyl (C=O) groups is 1. The van der Waals surface area contributed by atoms with Crippen LogP contribution < -0.4 is 0 Å². The highest BCUT2D eigenvalue weighted by atomic mass is 16.1. The maximum Gasteiger partial charge on any atom is 0.127 e.